The summed E-state index contributed by atoms with van der Waals surface area (Å²) in [6, 6.07) is 7.46. The van der Waals surface area contributed by atoms with Crippen LogP contribution in [0.3, 0.4) is 0 Å². The molecule has 1 unspecified atom stereocenters. The first-order valence-electron chi connectivity index (χ1n) is 8.40. The van der Waals surface area contributed by atoms with Crippen molar-refractivity contribution < 1.29 is 18.5 Å². The Balaban J connectivity index is 1.73. The summed E-state index contributed by atoms with van der Waals surface area (Å²) in [5, 5.41) is 4.85. The zero-order chi connectivity index (χ0) is 17.6. The Morgan fingerprint density at radius 2 is 2.20 bits per heavy atom. The summed E-state index contributed by atoms with van der Waals surface area (Å²) in [5.41, 5.74) is 2.26. The molecule has 0 radical (unpaired) electrons. The monoisotopic (exact) mass is 340 g/mol. The van der Waals surface area contributed by atoms with Gasteiger partial charge in [0.05, 0.1) is 18.8 Å². The smallest absolute Gasteiger partial charge is 0.290 e. The van der Waals surface area contributed by atoms with Crippen LogP contribution >= 0.6 is 0 Å². The van der Waals surface area contributed by atoms with Crippen molar-refractivity contribution in [2.75, 3.05) is 13.7 Å². The van der Waals surface area contributed by atoms with E-state index in [4.69, 9.17) is 13.7 Å². The molecule has 2 aromatic heterocycles. The summed E-state index contributed by atoms with van der Waals surface area (Å²) >= 11 is 0. The van der Waals surface area contributed by atoms with Crippen molar-refractivity contribution in [1.82, 2.24) is 10.1 Å². The number of benzene rings is 1. The second-order valence-electron chi connectivity index (χ2n) is 6.42. The molecule has 6 heteroatoms. The van der Waals surface area contributed by atoms with Gasteiger partial charge in [-0.15, -0.1) is 0 Å². The van der Waals surface area contributed by atoms with Crippen LogP contribution in [0.1, 0.15) is 46.5 Å². The SMILES string of the molecule is COc1cccc2c(C)c(C(=O)N3CCCC3c3cc(C)no3)oc12. The van der Waals surface area contributed by atoms with Gasteiger partial charge in [0.2, 0.25) is 0 Å². The van der Waals surface area contributed by atoms with Crippen molar-refractivity contribution in [2.45, 2.75) is 32.7 Å². The number of ether oxygens (including phenoxy) is 1. The second-order valence-corrected chi connectivity index (χ2v) is 6.42. The van der Waals surface area contributed by atoms with Crippen molar-refractivity contribution in [3.63, 3.8) is 0 Å². The van der Waals surface area contributed by atoms with Gasteiger partial charge in [0.1, 0.15) is 0 Å². The topological polar surface area (TPSA) is 68.7 Å². The van der Waals surface area contributed by atoms with Crippen LogP contribution in [0.2, 0.25) is 0 Å². The molecule has 1 saturated heterocycles. The third kappa shape index (κ3) is 2.49. The molecule has 0 bridgehead atoms. The molecule has 25 heavy (non-hydrogen) atoms. The van der Waals surface area contributed by atoms with Crippen LogP contribution in [0.4, 0.5) is 0 Å². The first-order valence-corrected chi connectivity index (χ1v) is 8.40. The van der Waals surface area contributed by atoms with E-state index >= 15 is 0 Å². The van der Waals surface area contributed by atoms with Gasteiger partial charge < -0.3 is 18.6 Å². The number of rotatable bonds is 3. The van der Waals surface area contributed by atoms with Gasteiger partial charge in [-0.1, -0.05) is 17.3 Å². The minimum Gasteiger partial charge on any atom is -0.493 e. The fourth-order valence-electron chi connectivity index (χ4n) is 3.56. The quantitative estimate of drug-likeness (QED) is 0.720. The van der Waals surface area contributed by atoms with E-state index in [1.807, 2.05) is 43.0 Å². The zero-order valence-electron chi connectivity index (χ0n) is 14.5. The average molecular weight is 340 g/mol. The van der Waals surface area contributed by atoms with E-state index < -0.39 is 0 Å². The van der Waals surface area contributed by atoms with E-state index in [0.717, 1.165) is 35.2 Å². The highest BCUT2D eigenvalue weighted by Gasteiger charge is 2.35. The van der Waals surface area contributed by atoms with Crippen LogP contribution in [0.5, 0.6) is 5.75 Å². The minimum absolute atomic E-state index is 0.0943. The number of aryl methyl sites for hydroxylation is 2. The van der Waals surface area contributed by atoms with Gasteiger partial charge in [0.25, 0.3) is 5.91 Å². The highest BCUT2D eigenvalue weighted by molar-refractivity contribution is 6.00. The largest absolute Gasteiger partial charge is 0.493 e. The summed E-state index contributed by atoms with van der Waals surface area (Å²) in [6.45, 7) is 4.46. The predicted molar refractivity (Wildman–Crippen MR) is 91.8 cm³/mol. The lowest BCUT2D eigenvalue weighted by atomic mass is 10.1. The van der Waals surface area contributed by atoms with E-state index in [1.165, 1.54) is 0 Å². The van der Waals surface area contributed by atoms with Gasteiger partial charge in [0, 0.05) is 23.6 Å². The lowest BCUT2D eigenvalue weighted by molar-refractivity contribution is 0.0683. The highest BCUT2D eigenvalue weighted by atomic mass is 16.5. The summed E-state index contributed by atoms with van der Waals surface area (Å²) in [4.78, 5) is 15.0. The number of likely N-dealkylation sites (tertiary alicyclic amines) is 1. The molecule has 0 spiro atoms. The van der Waals surface area contributed by atoms with Crippen molar-refractivity contribution in [3.05, 3.63) is 47.0 Å². The number of hydrogen-bond acceptors (Lipinski definition) is 5. The second kappa shape index (κ2) is 5.95. The predicted octanol–water partition coefficient (Wildman–Crippen LogP) is 4.02. The van der Waals surface area contributed by atoms with Gasteiger partial charge in [0.15, 0.2) is 22.9 Å². The Morgan fingerprint density at radius 3 is 2.92 bits per heavy atom. The first kappa shape index (κ1) is 15.7. The highest BCUT2D eigenvalue weighted by Crippen LogP contribution is 2.37. The Labute approximate surface area is 145 Å². The summed E-state index contributed by atoms with van der Waals surface area (Å²) in [5.74, 6) is 1.60. The Bertz CT molecular complexity index is 940. The molecule has 1 aromatic carbocycles. The van der Waals surface area contributed by atoms with Gasteiger partial charge >= 0.3 is 0 Å². The van der Waals surface area contributed by atoms with E-state index in [1.54, 1.807) is 7.11 Å². The summed E-state index contributed by atoms with van der Waals surface area (Å²) in [6.07, 6.45) is 1.79. The summed E-state index contributed by atoms with van der Waals surface area (Å²) < 4.78 is 16.7. The number of aromatic nitrogens is 1. The van der Waals surface area contributed by atoms with E-state index in [2.05, 4.69) is 5.16 Å². The molecule has 6 nitrogen and oxygen atoms in total. The number of carbonyl (C=O) groups excluding carboxylic acids is 1. The lowest BCUT2D eigenvalue weighted by Crippen LogP contribution is -2.30. The zero-order valence-corrected chi connectivity index (χ0v) is 14.5. The number of fused-ring (bicyclic) bond motifs is 1. The minimum atomic E-state index is -0.118. The number of para-hydroxylation sites is 1. The maximum Gasteiger partial charge on any atom is 0.290 e. The standard InChI is InChI=1S/C19H20N2O4/c1-11-10-16(25-20-11)14-7-5-9-21(14)19(22)17-12(2)13-6-4-8-15(23-3)18(13)24-17/h4,6,8,10,14H,5,7,9H2,1-3H3. The van der Waals surface area contributed by atoms with E-state index in [0.29, 0.717) is 23.6 Å². The Hall–Kier alpha value is -2.76. The molecule has 1 fully saturated rings. The molecule has 130 valence electrons. The molecule has 3 heterocycles. The van der Waals surface area contributed by atoms with Crippen LogP contribution in [-0.2, 0) is 0 Å². The molecule has 0 saturated carbocycles. The molecule has 1 amide bonds. The van der Waals surface area contributed by atoms with Gasteiger partial charge in [-0.3, -0.25) is 4.79 Å². The third-order valence-electron chi connectivity index (χ3n) is 4.83. The van der Waals surface area contributed by atoms with Gasteiger partial charge in [-0.25, -0.2) is 0 Å². The number of amides is 1. The maximum atomic E-state index is 13.2. The van der Waals surface area contributed by atoms with Crippen molar-refractivity contribution >= 4 is 16.9 Å². The molecule has 0 N–H and O–H groups in total. The number of furan rings is 1. The molecule has 4 rings (SSSR count). The third-order valence-corrected chi connectivity index (χ3v) is 4.83. The van der Waals surface area contributed by atoms with Crippen LogP contribution in [-0.4, -0.2) is 29.6 Å². The Morgan fingerprint density at radius 1 is 1.36 bits per heavy atom. The van der Waals surface area contributed by atoms with Crippen molar-refractivity contribution in [2.24, 2.45) is 0 Å². The molecule has 1 atom stereocenters. The lowest BCUT2D eigenvalue weighted by Gasteiger charge is -2.21. The normalized spacial score (nSPS) is 17.4. The van der Waals surface area contributed by atoms with Gasteiger partial charge in [-0.2, -0.15) is 0 Å². The van der Waals surface area contributed by atoms with Crippen LogP contribution in [0.15, 0.2) is 33.2 Å². The Kier molecular flexibility index (Phi) is 3.75. The van der Waals surface area contributed by atoms with Crippen molar-refractivity contribution in [1.29, 1.82) is 0 Å². The fourth-order valence-corrected chi connectivity index (χ4v) is 3.56. The van der Waals surface area contributed by atoms with Crippen LogP contribution in [0.25, 0.3) is 11.0 Å². The van der Waals surface area contributed by atoms with Crippen molar-refractivity contribution in [3.8, 4) is 5.75 Å². The van der Waals surface area contributed by atoms with Gasteiger partial charge in [-0.05, 0) is 32.8 Å². The molecule has 1 aliphatic heterocycles. The molecular weight excluding hydrogens is 320 g/mol. The van der Waals surface area contributed by atoms with E-state index in [-0.39, 0.29) is 11.9 Å². The molecule has 3 aromatic rings. The van der Waals surface area contributed by atoms with E-state index in [9.17, 15) is 4.79 Å². The van der Waals surface area contributed by atoms with Crippen LogP contribution in [0, 0.1) is 13.8 Å². The number of carbonyl (C=O) groups is 1. The molecular formula is C19H20N2O4. The number of methoxy groups -OCH3 is 1. The van der Waals surface area contributed by atoms with Crippen LogP contribution < -0.4 is 4.74 Å². The number of hydrogen-bond donors (Lipinski definition) is 0. The fraction of sp³-hybridized carbons (Fsp3) is 0.368. The molecule has 0 aliphatic carbocycles. The number of nitrogens with zero attached hydrogens (tertiary/aromatic N) is 2. The molecule has 1 aliphatic rings. The average Bonchev–Trinajstić information content (AvgIpc) is 3.33. The first-order chi connectivity index (χ1) is 12.1. The maximum absolute atomic E-state index is 13.2. The summed E-state index contributed by atoms with van der Waals surface area (Å²) in [7, 11) is 1.59.